The van der Waals surface area contributed by atoms with Gasteiger partial charge < -0.3 is 0 Å². The van der Waals surface area contributed by atoms with Crippen LogP contribution in [0.25, 0.3) is 0 Å². The van der Waals surface area contributed by atoms with E-state index in [1.807, 2.05) is 0 Å². The summed E-state index contributed by atoms with van der Waals surface area (Å²) >= 11 is 9.29. The molecule has 0 spiro atoms. The molecule has 0 saturated carbocycles. The van der Waals surface area contributed by atoms with Crippen molar-refractivity contribution in [2.75, 3.05) is 0 Å². The first-order valence-electron chi connectivity index (χ1n) is 3.15. The molecule has 3 heteroatoms. The van der Waals surface area contributed by atoms with E-state index in [4.69, 9.17) is 0 Å². The van der Waals surface area contributed by atoms with E-state index in [2.05, 4.69) is 73.5 Å². The molecule has 60 valence electrons. The van der Waals surface area contributed by atoms with E-state index in [1.165, 1.54) is 19.2 Å². The lowest BCUT2D eigenvalue weighted by molar-refractivity contribution is 1.32. The van der Waals surface area contributed by atoms with Gasteiger partial charge in [-0.2, -0.15) is 0 Å². The number of rotatable bonds is 1. The molecule has 0 fully saturated rings. The van der Waals surface area contributed by atoms with E-state index in [9.17, 15) is 0 Å². The fraction of sp³-hybridized carbons (Fsp3) is 0.250. The maximum atomic E-state index is 3.50. The van der Waals surface area contributed by atoms with Crippen molar-refractivity contribution in [2.24, 2.45) is 0 Å². The highest BCUT2D eigenvalue weighted by molar-refractivity contribution is 14.1. The van der Waals surface area contributed by atoms with Crippen molar-refractivity contribution in [1.29, 1.82) is 0 Å². The van der Waals surface area contributed by atoms with Gasteiger partial charge in [0.15, 0.2) is 0 Å². The molecule has 0 bridgehead atoms. The van der Waals surface area contributed by atoms with Crippen molar-refractivity contribution in [2.45, 2.75) is 12.3 Å². The standard InChI is InChI=1S/C8H7Br2I/c1-5-2-8(11)6(4-9)3-7(5)10/h2-3H,4H2,1H3. The van der Waals surface area contributed by atoms with Crippen LogP contribution in [-0.2, 0) is 5.33 Å². The van der Waals surface area contributed by atoms with Gasteiger partial charge in [0.05, 0.1) is 0 Å². The Balaban J connectivity index is 3.21. The maximum absolute atomic E-state index is 3.50. The van der Waals surface area contributed by atoms with E-state index < -0.39 is 0 Å². The molecule has 1 aromatic rings. The smallest absolute Gasteiger partial charge is 0.0293 e. The first kappa shape index (κ1) is 9.99. The van der Waals surface area contributed by atoms with Crippen molar-refractivity contribution in [3.63, 3.8) is 0 Å². The van der Waals surface area contributed by atoms with Gasteiger partial charge >= 0.3 is 0 Å². The fourth-order valence-electron chi connectivity index (χ4n) is 0.790. The maximum Gasteiger partial charge on any atom is 0.0293 e. The second-order valence-electron chi connectivity index (χ2n) is 2.33. The van der Waals surface area contributed by atoms with Crippen molar-refractivity contribution >= 4 is 54.5 Å². The highest BCUT2D eigenvalue weighted by atomic mass is 127. The molecule has 0 aliphatic carbocycles. The molecule has 0 heterocycles. The summed E-state index contributed by atoms with van der Waals surface area (Å²) in [6.07, 6.45) is 0. The van der Waals surface area contributed by atoms with Gasteiger partial charge in [0.2, 0.25) is 0 Å². The fourth-order valence-corrected chi connectivity index (χ4v) is 2.98. The molecule has 0 atom stereocenters. The molecular formula is C8H7Br2I. The lowest BCUT2D eigenvalue weighted by Crippen LogP contribution is -1.86. The van der Waals surface area contributed by atoms with Crippen molar-refractivity contribution in [1.82, 2.24) is 0 Å². The summed E-state index contributed by atoms with van der Waals surface area (Å²) in [4.78, 5) is 0. The molecule has 0 radical (unpaired) electrons. The second kappa shape index (κ2) is 4.23. The van der Waals surface area contributed by atoms with E-state index in [1.54, 1.807) is 0 Å². The second-order valence-corrected chi connectivity index (χ2v) is 4.90. The van der Waals surface area contributed by atoms with E-state index in [-0.39, 0.29) is 0 Å². The molecular weight excluding hydrogens is 383 g/mol. The molecule has 0 aromatic heterocycles. The van der Waals surface area contributed by atoms with Crippen LogP contribution in [0.2, 0.25) is 0 Å². The topological polar surface area (TPSA) is 0 Å². The summed E-state index contributed by atoms with van der Waals surface area (Å²) in [5, 5.41) is 0.921. The summed E-state index contributed by atoms with van der Waals surface area (Å²) in [5.74, 6) is 0. The highest BCUT2D eigenvalue weighted by Gasteiger charge is 2.01. The molecule has 0 saturated heterocycles. The first-order chi connectivity index (χ1) is 5.15. The molecule has 0 aliphatic heterocycles. The van der Waals surface area contributed by atoms with Crippen LogP contribution in [-0.4, -0.2) is 0 Å². The summed E-state index contributed by atoms with van der Waals surface area (Å²) in [6.45, 7) is 2.10. The van der Waals surface area contributed by atoms with E-state index in [0.717, 1.165) is 5.33 Å². The Morgan fingerprint density at radius 1 is 1.45 bits per heavy atom. The Hall–Kier alpha value is 0.910. The van der Waals surface area contributed by atoms with Crippen molar-refractivity contribution < 1.29 is 0 Å². The predicted molar refractivity (Wildman–Crippen MR) is 64.2 cm³/mol. The normalized spacial score (nSPS) is 10.2. The Bertz CT molecular complexity index is 271. The number of aryl methyl sites for hydroxylation is 1. The van der Waals surface area contributed by atoms with Crippen LogP contribution in [0.15, 0.2) is 16.6 Å². The molecule has 0 N–H and O–H groups in total. The predicted octanol–water partition coefficient (Wildman–Crippen LogP) is 4.26. The highest BCUT2D eigenvalue weighted by Crippen LogP contribution is 2.24. The van der Waals surface area contributed by atoms with Gasteiger partial charge in [-0.05, 0) is 52.8 Å². The Kier molecular flexibility index (Phi) is 3.85. The zero-order valence-electron chi connectivity index (χ0n) is 6.00. The van der Waals surface area contributed by atoms with Crippen LogP contribution >= 0.6 is 54.5 Å². The van der Waals surface area contributed by atoms with E-state index in [0.29, 0.717) is 0 Å². The molecule has 0 aliphatic rings. The monoisotopic (exact) mass is 388 g/mol. The van der Waals surface area contributed by atoms with Gasteiger partial charge in [0, 0.05) is 13.4 Å². The lowest BCUT2D eigenvalue weighted by atomic mass is 10.2. The average Bonchev–Trinajstić information content (AvgIpc) is 1.97. The zero-order valence-corrected chi connectivity index (χ0v) is 11.3. The van der Waals surface area contributed by atoms with Gasteiger partial charge in [-0.1, -0.05) is 31.9 Å². The molecule has 11 heavy (non-hydrogen) atoms. The van der Waals surface area contributed by atoms with Crippen LogP contribution in [0.3, 0.4) is 0 Å². The quantitative estimate of drug-likeness (QED) is 0.497. The molecule has 0 nitrogen and oxygen atoms in total. The van der Waals surface area contributed by atoms with Crippen LogP contribution in [0.5, 0.6) is 0 Å². The van der Waals surface area contributed by atoms with Gasteiger partial charge in [0.1, 0.15) is 0 Å². The summed E-state index contributed by atoms with van der Waals surface area (Å²) < 4.78 is 2.51. The van der Waals surface area contributed by atoms with E-state index >= 15 is 0 Å². The Morgan fingerprint density at radius 2 is 2.09 bits per heavy atom. The summed E-state index contributed by atoms with van der Waals surface area (Å²) in [5.41, 5.74) is 2.63. The third kappa shape index (κ3) is 2.42. The molecule has 0 unspecified atom stereocenters. The minimum atomic E-state index is 0.921. The third-order valence-corrected chi connectivity index (χ3v) is 3.93. The number of hydrogen-bond acceptors (Lipinski definition) is 0. The summed E-state index contributed by atoms with van der Waals surface area (Å²) in [7, 11) is 0. The van der Waals surface area contributed by atoms with Crippen LogP contribution in [0.4, 0.5) is 0 Å². The minimum absolute atomic E-state index is 0.921. The third-order valence-electron chi connectivity index (χ3n) is 1.47. The lowest BCUT2D eigenvalue weighted by Gasteiger charge is -2.03. The Labute approximate surface area is 97.2 Å². The molecule has 1 aromatic carbocycles. The molecule has 0 amide bonds. The average molecular weight is 390 g/mol. The summed E-state index contributed by atoms with van der Waals surface area (Å²) in [6, 6.07) is 4.34. The van der Waals surface area contributed by atoms with Crippen LogP contribution < -0.4 is 0 Å². The van der Waals surface area contributed by atoms with Gasteiger partial charge in [-0.3, -0.25) is 0 Å². The minimum Gasteiger partial charge on any atom is -0.0876 e. The number of alkyl halides is 1. The van der Waals surface area contributed by atoms with Gasteiger partial charge in [-0.15, -0.1) is 0 Å². The number of hydrogen-bond donors (Lipinski definition) is 0. The Morgan fingerprint density at radius 3 is 2.64 bits per heavy atom. The SMILES string of the molecule is Cc1cc(I)c(CBr)cc1Br. The first-order valence-corrected chi connectivity index (χ1v) is 6.15. The van der Waals surface area contributed by atoms with Gasteiger partial charge in [0.25, 0.3) is 0 Å². The number of benzene rings is 1. The van der Waals surface area contributed by atoms with Crippen LogP contribution in [0.1, 0.15) is 11.1 Å². The van der Waals surface area contributed by atoms with Crippen LogP contribution in [0, 0.1) is 10.5 Å². The van der Waals surface area contributed by atoms with Crippen molar-refractivity contribution in [3.05, 3.63) is 31.3 Å². The molecule has 1 rings (SSSR count). The zero-order chi connectivity index (χ0) is 8.43. The van der Waals surface area contributed by atoms with Gasteiger partial charge in [-0.25, -0.2) is 0 Å². The van der Waals surface area contributed by atoms with Crippen molar-refractivity contribution in [3.8, 4) is 0 Å². The number of halogens is 3. The largest absolute Gasteiger partial charge is 0.0876 e.